The van der Waals surface area contributed by atoms with E-state index >= 15 is 0 Å². The van der Waals surface area contributed by atoms with Crippen LogP contribution in [0.25, 0.3) is 0 Å². The number of nitrogens with one attached hydrogen (secondary N) is 2. The fraction of sp³-hybridized carbons (Fsp3) is 0.385. The second kappa shape index (κ2) is 5.71. The van der Waals surface area contributed by atoms with Gasteiger partial charge in [-0.2, -0.15) is 0 Å². The first-order valence-electron chi connectivity index (χ1n) is 6.06. The Hall–Kier alpha value is -1.40. The van der Waals surface area contributed by atoms with Crippen LogP contribution in [-0.2, 0) is 17.9 Å². The predicted octanol–water partition coefficient (Wildman–Crippen LogP) is 1.61. The van der Waals surface area contributed by atoms with Gasteiger partial charge in [0.1, 0.15) is 0 Å². The zero-order valence-electron chi connectivity index (χ0n) is 10.9. The zero-order chi connectivity index (χ0) is 14.0. The normalized spacial score (nSPS) is 15.7. The highest BCUT2D eigenvalue weighted by atomic mass is 79.9. The third-order valence-corrected chi connectivity index (χ3v) is 4.08. The summed E-state index contributed by atoms with van der Waals surface area (Å²) in [6.07, 6.45) is 0. The predicted molar refractivity (Wildman–Crippen MR) is 75.4 cm³/mol. The highest BCUT2D eigenvalue weighted by Gasteiger charge is 2.29. The van der Waals surface area contributed by atoms with E-state index < -0.39 is 6.03 Å². The van der Waals surface area contributed by atoms with E-state index in [2.05, 4.69) is 32.6 Å². The molecule has 0 bridgehead atoms. The van der Waals surface area contributed by atoms with Crippen LogP contribution in [0.4, 0.5) is 4.79 Å². The molecule has 0 fully saturated rings. The molecule has 1 aliphatic heterocycles. The van der Waals surface area contributed by atoms with Crippen LogP contribution in [0.2, 0.25) is 0 Å². The molecular weight excluding hydrogens is 310 g/mol. The maximum Gasteiger partial charge on any atom is 0.321 e. The van der Waals surface area contributed by atoms with Crippen molar-refractivity contribution >= 4 is 27.9 Å². The van der Waals surface area contributed by atoms with Gasteiger partial charge in [0, 0.05) is 24.6 Å². The van der Waals surface area contributed by atoms with Crippen molar-refractivity contribution < 1.29 is 9.59 Å². The van der Waals surface area contributed by atoms with Crippen LogP contribution >= 0.6 is 15.9 Å². The van der Waals surface area contributed by atoms with Crippen molar-refractivity contribution in [1.82, 2.24) is 15.5 Å². The number of fused-ring (bicyclic) bond motifs is 1. The number of hydrogen-bond donors (Lipinski definition) is 2. The van der Waals surface area contributed by atoms with Gasteiger partial charge in [-0.15, -0.1) is 0 Å². The summed E-state index contributed by atoms with van der Waals surface area (Å²) in [7, 11) is 1.48. The van der Waals surface area contributed by atoms with E-state index in [9.17, 15) is 9.59 Å². The topological polar surface area (TPSA) is 61.4 Å². The summed E-state index contributed by atoms with van der Waals surface area (Å²) < 4.78 is 1.06. The minimum absolute atomic E-state index is 0.289. The summed E-state index contributed by atoms with van der Waals surface area (Å²) in [5, 5.41) is 4.68. The van der Waals surface area contributed by atoms with E-state index in [4.69, 9.17) is 0 Å². The monoisotopic (exact) mass is 325 g/mol. The Kier molecular flexibility index (Phi) is 4.21. The van der Waals surface area contributed by atoms with Crippen molar-refractivity contribution in [3.63, 3.8) is 0 Å². The van der Waals surface area contributed by atoms with Gasteiger partial charge in [0.25, 0.3) is 0 Å². The van der Waals surface area contributed by atoms with E-state index in [1.54, 1.807) is 6.92 Å². The molecule has 0 spiro atoms. The molecule has 1 atom stereocenters. The van der Waals surface area contributed by atoms with Crippen molar-refractivity contribution in [1.29, 1.82) is 0 Å². The van der Waals surface area contributed by atoms with Gasteiger partial charge >= 0.3 is 6.03 Å². The Bertz CT molecular complexity index is 519. The molecule has 1 heterocycles. The fourth-order valence-corrected chi connectivity index (χ4v) is 2.66. The number of benzene rings is 1. The Morgan fingerprint density at radius 1 is 1.37 bits per heavy atom. The van der Waals surface area contributed by atoms with Crippen molar-refractivity contribution in [3.05, 3.63) is 33.8 Å². The first-order valence-corrected chi connectivity index (χ1v) is 6.85. The van der Waals surface area contributed by atoms with E-state index in [0.717, 1.165) is 11.0 Å². The number of rotatable bonds is 2. The molecule has 1 aromatic carbocycles. The van der Waals surface area contributed by atoms with Gasteiger partial charge in [-0.3, -0.25) is 15.0 Å². The van der Waals surface area contributed by atoms with Crippen LogP contribution in [0, 0.1) is 0 Å². The van der Waals surface area contributed by atoms with Gasteiger partial charge in [-0.05, 0) is 24.1 Å². The van der Waals surface area contributed by atoms with Gasteiger partial charge in [0.2, 0.25) is 5.91 Å². The Morgan fingerprint density at radius 2 is 2.11 bits per heavy atom. The number of halogens is 1. The third kappa shape index (κ3) is 2.96. The largest absolute Gasteiger partial charge is 0.341 e. The summed E-state index contributed by atoms with van der Waals surface area (Å²) in [5.74, 6) is -0.289. The summed E-state index contributed by atoms with van der Waals surface area (Å²) >= 11 is 3.52. The molecule has 0 saturated carbocycles. The van der Waals surface area contributed by atoms with Crippen molar-refractivity contribution in [2.75, 3.05) is 7.05 Å². The molecule has 1 aromatic rings. The molecule has 0 aromatic heterocycles. The fourth-order valence-electron chi connectivity index (χ4n) is 2.12. The molecule has 3 amide bonds. The van der Waals surface area contributed by atoms with Crippen molar-refractivity contribution in [3.8, 4) is 0 Å². The van der Waals surface area contributed by atoms with Gasteiger partial charge < -0.3 is 5.32 Å². The van der Waals surface area contributed by atoms with Crippen LogP contribution in [0.3, 0.4) is 0 Å². The van der Waals surface area contributed by atoms with Gasteiger partial charge in [-0.1, -0.05) is 28.1 Å². The van der Waals surface area contributed by atoms with Crippen LogP contribution < -0.4 is 10.6 Å². The molecular formula is C13H16BrN3O2. The molecule has 1 aliphatic rings. The second-order valence-electron chi connectivity index (χ2n) is 4.53. The molecule has 2 N–H and O–H groups in total. The van der Waals surface area contributed by atoms with E-state index in [1.807, 2.05) is 17.0 Å². The van der Waals surface area contributed by atoms with Gasteiger partial charge in [0.05, 0.1) is 6.04 Å². The van der Waals surface area contributed by atoms with Crippen LogP contribution in [0.1, 0.15) is 18.1 Å². The summed E-state index contributed by atoms with van der Waals surface area (Å²) in [4.78, 5) is 25.1. The average Bonchev–Trinajstić information content (AvgIpc) is 2.83. The van der Waals surface area contributed by atoms with Crippen LogP contribution in [0.5, 0.6) is 0 Å². The number of imide groups is 1. The first-order chi connectivity index (χ1) is 9.02. The zero-order valence-corrected chi connectivity index (χ0v) is 12.5. The SMILES string of the molecule is CNC(=O)NC(=O)C(C)N1Cc2cccc(Br)c2C1. The minimum Gasteiger partial charge on any atom is -0.341 e. The number of nitrogens with zero attached hydrogens (tertiary/aromatic N) is 1. The molecule has 5 nitrogen and oxygen atoms in total. The minimum atomic E-state index is -0.477. The van der Waals surface area contributed by atoms with Gasteiger partial charge in [-0.25, -0.2) is 4.79 Å². The molecule has 0 saturated heterocycles. The molecule has 2 rings (SSSR count). The molecule has 0 radical (unpaired) electrons. The Morgan fingerprint density at radius 3 is 2.74 bits per heavy atom. The quantitative estimate of drug-likeness (QED) is 0.868. The number of hydrogen-bond acceptors (Lipinski definition) is 3. The average molecular weight is 326 g/mol. The van der Waals surface area contributed by atoms with Crippen molar-refractivity contribution in [2.45, 2.75) is 26.1 Å². The molecule has 1 unspecified atom stereocenters. The number of carbonyl (C=O) groups is 2. The molecule has 0 aliphatic carbocycles. The van der Waals surface area contributed by atoms with Crippen LogP contribution in [0.15, 0.2) is 22.7 Å². The van der Waals surface area contributed by atoms with Crippen molar-refractivity contribution in [2.24, 2.45) is 0 Å². The highest BCUT2D eigenvalue weighted by Crippen LogP contribution is 2.30. The van der Waals surface area contributed by atoms with Gasteiger partial charge in [0.15, 0.2) is 0 Å². The lowest BCUT2D eigenvalue weighted by atomic mass is 10.1. The summed E-state index contributed by atoms with van der Waals surface area (Å²) in [6.45, 7) is 3.23. The Labute approximate surface area is 120 Å². The molecule has 6 heteroatoms. The number of carbonyl (C=O) groups excluding carboxylic acids is 2. The second-order valence-corrected chi connectivity index (χ2v) is 5.38. The first kappa shape index (κ1) is 14.0. The lowest BCUT2D eigenvalue weighted by Gasteiger charge is -2.22. The lowest BCUT2D eigenvalue weighted by molar-refractivity contribution is -0.124. The third-order valence-electron chi connectivity index (χ3n) is 3.34. The van der Waals surface area contributed by atoms with E-state index in [0.29, 0.717) is 6.54 Å². The molecule has 102 valence electrons. The molecule has 19 heavy (non-hydrogen) atoms. The maximum absolute atomic E-state index is 11.9. The highest BCUT2D eigenvalue weighted by molar-refractivity contribution is 9.10. The standard InChI is InChI=1S/C13H16BrN3O2/c1-8(12(18)16-13(19)15-2)17-6-9-4-3-5-11(14)10(9)7-17/h3-5,8H,6-7H2,1-2H3,(H2,15,16,18,19). The van der Waals surface area contributed by atoms with E-state index in [-0.39, 0.29) is 11.9 Å². The summed E-state index contributed by atoms with van der Waals surface area (Å²) in [6, 6.07) is 5.22. The van der Waals surface area contributed by atoms with E-state index in [1.165, 1.54) is 18.2 Å². The smallest absolute Gasteiger partial charge is 0.321 e. The van der Waals surface area contributed by atoms with Crippen LogP contribution in [-0.4, -0.2) is 29.9 Å². The summed E-state index contributed by atoms with van der Waals surface area (Å²) in [5.41, 5.74) is 2.43. The maximum atomic E-state index is 11.9. The lowest BCUT2D eigenvalue weighted by Crippen LogP contribution is -2.47. The Balaban J connectivity index is 2.04. The number of amides is 3. The number of urea groups is 1.